The number of imidazole rings is 1. The highest BCUT2D eigenvalue weighted by Gasteiger charge is 2.28. The van der Waals surface area contributed by atoms with E-state index in [2.05, 4.69) is 10.3 Å². The number of carbonyl (C=O) groups excluding carboxylic acids is 2. The Morgan fingerprint density at radius 3 is 2.62 bits per heavy atom. The molecular weight excluding hydrogens is 418 g/mol. The van der Waals surface area contributed by atoms with Gasteiger partial charge in [-0.25, -0.2) is 13.8 Å². The highest BCUT2D eigenvalue weighted by molar-refractivity contribution is 5.94. The summed E-state index contributed by atoms with van der Waals surface area (Å²) in [4.78, 5) is 29.9. The van der Waals surface area contributed by atoms with Crippen molar-refractivity contribution >= 4 is 17.5 Å². The molecule has 3 heterocycles. The summed E-state index contributed by atoms with van der Waals surface area (Å²) in [7, 11) is 1.39. The van der Waals surface area contributed by atoms with E-state index in [0.29, 0.717) is 37.5 Å². The lowest BCUT2D eigenvalue weighted by Crippen LogP contribution is -2.45. The van der Waals surface area contributed by atoms with Gasteiger partial charge in [-0.3, -0.25) is 9.59 Å². The van der Waals surface area contributed by atoms with Crippen molar-refractivity contribution in [1.82, 2.24) is 19.6 Å². The zero-order chi connectivity index (χ0) is 23.0. The lowest BCUT2D eigenvalue weighted by molar-refractivity contribution is -0.136. The number of hydrogen-bond acceptors (Lipinski definition) is 4. The van der Waals surface area contributed by atoms with E-state index < -0.39 is 17.5 Å². The van der Waals surface area contributed by atoms with E-state index in [1.165, 1.54) is 14.0 Å². The number of hydrogen-bond donors (Lipinski definition) is 1. The molecule has 0 unspecified atom stereocenters. The van der Waals surface area contributed by atoms with Crippen LogP contribution in [0.15, 0.2) is 30.5 Å². The number of morpholine rings is 1. The predicted molar refractivity (Wildman–Crippen MR) is 114 cm³/mol. The molecule has 1 N–H and O–H groups in total. The van der Waals surface area contributed by atoms with Crippen LogP contribution >= 0.6 is 0 Å². The zero-order valence-corrected chi connectivity index (χ0v) is 18.1. The number of nitrogens with one attached hydrogen (secondary N) is 1. The minimum absolute atomic E-state index is 0.0471. The van der Waals surface area contributed by atoms with E-state index in [4.69, 9.17) is 4.74 Å². The molecule has 2 aromatic heterocycles. The van der Waals surface area contributed by atoms with Crippen LogP contribution in [-0.4, -0.2) is 58.9 Å². The monoisotopic (exact) mass is 442 g/mol. The molecule has 32 heavy (non-hydrogen) atoms. The molecule has 1 atom stereocenters. The van der Waals surface area contributed by atoms with Gasteiger partial charge in [0.1, 0.15) is 17.3 Å². The quantitative estimate of drug-likeness (QED) is 0.674. The van der Waals surface area contributed by atoms with Crippen LogP contribution in [0.25, 0.3) is 16.9 Å². The zero-order valence-electron chi connectivity index (χ0n) is 18.1. The molecule has 3 aromatic rings. The van der Waals surface area contributed by atoms with Crippen molar-refractivity contribution in [1.29, 1.82) is 0 Å². The number of ether oxygens (including phenoxy) is 1. The van der Waals surface area contributed by atoms with Gasteiger partial charge in [-0.15, -0.1) is 0 Å². The Morgan fingerprint density at radius 1 is 1.25 bits per heavy atom. The second kappa shape index (κ2) is 8.66. The van der Waals surface area contributed by atoms with E-state index in [1.807, 2.05) is 19.1 Å². The number of carbonyl (C=O) groups is 2. The molecule has 1 aromatic carbocycles. The van der Waals surface area contributed by atoms with Gasteiger partial charge in [0, 0.05) is 45.2 Å². The van der Waals surface area contributed by atoms with Gasteiger partial charge in [0.2, 0.25) is 5.91 Å². The first-order valence-electron chi connectivity index (χ1n) is 10.3. The number of halogens is 2. The Balaban J connectivity index is 1.82. The van der Waals surface area contributed by atoms with Gasteiger partial charge in [0.05, 0.1) is 29.7 Å². The summed E-state index contributed by atoms with van der Waals surface area (Å²) < 4.78 is 37.8. The lowest BCUT2D eigenvalue weighted by Gasteiger charge is -2.32. The Kier molecular flexibility index (Phi) is 5.92. The van der Waals surface area contributed by atoms with Crippen molar-refractivity contribution in [2.45, 2.75) is 26.4 Å². The number of fused-ring (bicyclic) bond motifs is 1. The summed E-state index contributed by atoms with van der Waals surface area (Å²) in [5.74, 6) is -2.38. The fraction of sp³-hybridized carbons (Fsp3) is 0.348. The topological polar surface area (TPSA) is 75.9 Å². The first-order chi connectivity index (χ1) is 15.3. The molecule has 0 radical (unpaired) electrons. The number of pyridine rings is 1. The van der Waals surface area contributed by atoms with Gasteiger partial charge in [0.15, 0.2) is 0 Å². The third kappa shape index (κ3) is 4.08. The van der Waals surface area contributed by atoms with Crippen LogP contribution in [0.5, 0.6) is 0 Å². The van der Waals surface area contributed by atoms with Gasteiger partial charge >= 0.3 is 0 Å². The van der Waals surface area contributed by atoms with Crippen molar-refractivity contribution in [3.63, 3.8) is 0 Å². The van der Waals surface area contributed by atoms with Crippen LogP contribution in [0, 0.1) is 18.6 Å². The lowest BCUT2D eigenvalue weighted by atomic mass is 10.0. The highest BCUT2D eigenvalue weighted by atomic mass is 19.1. The molecule has 168 valence electrons. The maximum atomic E-state index is 15.1. The highest BCUT2D eigenvalue weighted by Crippen LogP contribution is 2.32. The standard InChI is InChI=1S/C23H24F2N4O3/c1-13-4-5-29-19(11-16-12-28(14(2)30)6-7-32-16)22(27-20(29)8-13)21-17(24)9-15(10-18(21)25)23(31)26-3/h4-5,8-10,16H,6-7,11-12H2,1-3H3,(H,26,31)/t16-/m0/s1. The molecule has 7 nitrogen and oxygen atoms in total. The largest absolute Gasteiger partial charge is 0.374 e. The molecule has 1 aliphatic rings. The molecule has 0 saturated carbocycles. The fourth-order valence-corrected chi connectivity index (χ4v) is 4.01. The van der Waals surface area contributed by atoms with Crippen LogP contribution in [-0.2, 0) is 16.0 Å². The van der Waals surface area contributed by atoms with Crippen LogP contribution in [0.3, 0.4) is 0 Å². The summed E-state index contributed by atoms with van der Waals surface area (Å²) in [6, 6.07) is 5.72. The molecule has 4 rings (SSSR count). The van der Waals surface area contributed by atoms with E-state index in [1.54, 1.807) is 15.5 Å². The minimum atomic E-state index is -0.875. The van der Waals surface area contributed by atoms with E-state index >= 15 is 8.78 Å². The Labute approximate surface area is 184 Å². The van der Waals surface area contributed by atoms with Crippen LogP contribution in [0.1, 0.15) is 28.5 Å². The Hall–Kier alpha value is -3.33. The minimum Gasteiger partial charge on any atom is -0.374 e. The maximum absolute atomic E-state index is 15.1. The summed E-state index contributed by atoms with van der Waals surface area (Å²) in [5, 5.41) is 2.36. The molecule has 9 heteroatoms. The summed E-state index contributed by atoms with van der Waals surface area (Å²) >= 11 is 0. The number of aryl methyl sites for hydroxylation is 1. The molecular formula is C23H24F2N4O3. The molecule has 1 fully saturated rings. The van der Waals surface area contributed by atoms with Gasteiger partial charge in [-0.2, -0.15) is 0 Å². The van der Waals surface area contributed by atoms with Gasteiger partial charge in [-0.1, -0.05) is 0 Å². The van der Waals surface area contributed by atoms with E-state index in [0.717, 1.165) is 17.7 Å². The van der Waals surface area contributed by atoms with Crippen molar-refractivity contribution in [3.8, 4) is 11.3 Å². The third-order valence-electron chi connectivity index (χ3n) is 5.65. The van der Waals surface area contributed by atoms with Crippen LogP contribution in [0.2, 0.25) is 0 Å². The second-order valence-electron chi connectivity index (χ2n) is 7.90. The molecule has 0 bridgehead atoms. The SMILES string of the molecule is CNC(=O)c1cc(F)c(-c2nc3cc(C)ccn3c2C[C@H]2CN(C(C)=O)CCO2)c(F)c1. The maximum Gasteiger partial charge on any atom is 0.251 e. The average molecular weight is 442 g/mol. The van der Waals surface area contributed by atoms with Gasteiger partial charge < -0.3 is 19.4 Å². The Morgan fingerprint density at radius 2 is 1.97 bits per heavy atom. The van der Waals surface area contributed by atoms with E-state index in [9.17, 15) is 9.59 Å². The normalized spacial score (nSPS) is 16.4. The molecule has 1 aliphatic heterocycles. The van der Waals surface area contributed by atoms with Crippen molar-refractivity contribution in [3.05, 3.63) is 58.9 Å². The first-order valence-corrected chi connectivity index (χ1v) is 10.3. The van der Waals surface area contributed by atoms with Gasteiger partial charge in [0.25, 0.3) is 5.91 Å². The first kappa shape index (κ1) is 21.9. The molecule has 1 saturated heterocycles. The summed E-state index contributed by atoms with van der Waals surface area (Å²) in [6.45, 7) is 4.69. The predicted octanol–water partition coefficient (Wildman–Crippen LogP) is 2.74. The fourth-order valence-electron chi connectivity index (χ4n) is 4.01. The number of benzene rings is 1. The van der Waals surface area contributed by atoms with Crippen molar-refractivity contribution < 1.29 is 23.1 Å². The van der Waals surface area contributed by atoms with Crippen molar-refractivity contribution in [2.75, 3.05) is 26.7 Å². The molecule has 0 aliphatic carbocycles. The Bertz CT molecular complexity index is 1180. The molecule has 0 spiro atoms. The average Bonchev–Trinajstić information content (AvgIpc) is 3.09. The number of rotatable bonds is 4. The third-order valence-corrected chi connectivity index (χ3v) is 5.65. The number of aromatic nitrogens is 2. The van der Waals surface area contributed by atoms with Crippen molar-refractivity contribution in [2.24, 2.45) is 0 Å². The van der Waals surface area contributed by atoms with Crippen LogP contribution in [0.4, 0.5) is 8.78 Å². The summed E-state index contributed by atoms with van der Waals surface area (Å²) in [5.41, 5.74) is 1.81. The second-order valence-corrected chi connectivity index (χ2v) is 7.90. The smallest absolute Gasteiger partial charge is 0.251 e. The van der Waals surface area contributed by atoms with E-state index in [-0.39, 0.29) is 28.8 Å². The molecule has 2 amide bonds. The number of amides is 2. The van der Waals surface area contributed by atoms with Gasteiger partial charge in [-0.05, 0) is 36.8 Å². The number of nitrogens with zero attached hydrogens (tertiary/aromatic N) is 3. The van der Waals surface area contributed by atoms with Crippen LogP contribution < -0.4 is 5.32 Å². The summed E-state index contributed by atoms with van der Waals surface area (Å²) in [6.07, 6.45) is 1.76.